The average molecular weight is 499 g/mol. The van der Waals surface area contributed by atoms with E-state index >= 15 is 0 Å². The standard InChI is InChI=1S/C20H18Cl3N5O2S/c1-2-28-16(10-17(29)24-13-6-4-3-5-7-13)26-27-20(28)31-11-18(30)25-19-14(22)8-12(21)9-15(19)23/h3-9H,2,10-11H2,1H3,(H,24,29)(H,25,30). The zero-order chi connectivity index (χ0) is 22.4. The van der Waals surface area contributed by atoms with Crippen LogP contribution in [0.25, 0.3) is 0 Å². The molecule has 1 heterocycles. The smallest absolute Gasteiger partial charge is 0.234 e. The summed E-state index contributed by atoms with van der Waals surface area (Å²) in [6.07, 6.45) is 0.0679. The Bertz CT molecular complexity index is 1070. The molecular weight excluding hydrogens is 481 g/mol. The Labute approximate surface area is 198 Å². The molecule has 0 fully saturated rings. The highest BCUT2D eigenvalue weighted by atomic mass is 35.5. The Morgan fingerprint density at radius 1 is 1.00 bits per heavy atom. The minimum atomic E-state index is -0.315. The quantitative estimate of drug-likeness (QED) is 0.418. The fourth-order valence-electron chi connectivity index (χ4n) is 2.71. The highest BCUT2D eigenvalue weighted by Crippen LogP contribution is 2.33. The van der Waals surface area contributed by atoms with Crippen molar-refractivity contribution in [3.63, 3.8) is 0 Å². The summed E-state index contributed by atoms with van der Waals surface area (Å²) in [5, 5.41) is 15.1. The van der Waals surface area contributed by atoms with E-state index in [0.717, 1.165) is 0 Å². The van der Waals surface area contributed by atoms with Gasteiger partial charge in [0.2, 0.25) is 11.8 Å². The van der Waals surface area contributed by atoms with Crippen molar-refractivity contribution in [1.29, 1.82) is 0 Å². The van der Waals surface area contributed by atoms with E-state index in [0.29, 0.717) is 33.9 Å². The van der Waals surface area contributed by atoms with Crippen LogP contribution in [0.4, 0.5) is 11.4 Å². The number of hydrogen-bond donors (Lipinski definition) is 2. The van der Waals surface area contributed by atoms with Crippen LogP contribution in [0.1, 0.15) is 12.7 Å². The Balaban J connectivity index is 1.60. The number of hydrogen-bond acceptors (Lipinski definition) is 5. The summed E-state index contributed by atoms with van der Waals surface area (Å²) in [5.74, 6) is 0.0614. The van der Waals surface area contributed by atoms with Gasteiger partial charge in [0.05, 0.1) is 27.9 Å². The normalized spacial score (nSPS) is 10.7. The highest BCUT2D eigenvalue weighted by molar-refractivity contribution is 7.99. The Morgan fingerprint density at radius 2 is 1.68 bits per heavy atom. The molecule has 2 N–H and O–H groups in total. The van der Waals surface area contributed by atoms with Crippen molar-refractivity contribution in [3.05, 3.63) is 63.4 Å². The van der Waals surface area contributed by atoms with Crippen LogP contribution in [0, 0.1) is 0 Å². The van der Waals surface area contributed by atoms with Gasteiger partial charge in [-0.1, -0.05) is 64.8 Å². The fourth-order valence-corrected chi connectivity index (χ4v) is 4.44. The fraction of sp³-hybridized carbons (Fsp3) is 0.200. The number of carbonyl (C=O) groups excluding carboxylic acids is 2. The van der Waals surface area contributed by atoms with Crippen LogP contribution in [0.3, 0.4) is 0 Å². The third kappa shape index (κ3) is 6.36. The first-order valence-electron chi connectivity index (χ1n) is 9.21. The zero-order valence-corrected chi connectivity index (χ0v) is 19.4. The number of aromatic nitrogens is 3. The van der Waals surface area contributed by atoms with Gasteiger partial charge in [0.15, 0.2) is 5.16 Å². The van der Waals surface area contributed by atoms with Gasteiger partial charge in [0.1, 0.15) is 5.82 Å². The summed E-state index contributed by atoms with van der Waals surface area (Å²) in [7, 11) is 0. The monoisotopic (exact) mass is 497 g/mol. The maximum absolute atomic E-state index is 12.4. The van der Waals surface area contributed by atoms with Gasteiger partial charge in [-0.2, -0.15) is 0 Å². The Morgan fingerprint density at radius 3 is 2.32 bits per heavy atom. The van der Waals surface area contributed by atoms with Crippen molar-refractivity contribution in [1.82, 2.24) is 14.8 Å². The lowest BCUT2D eigenvalue weighted by atomic mass is 10.3. The minimum Gasteiger partial charge on any atom is -0.326 e. The SMILES string of the molecule is CCn1c(CC(=O)Nc2ccccc2)nnc1SCC(=O)Nc1c(Cl)cc(Cl)cc1Cl. The number of rotatable bonds is 8. The van der Waals surface area contributed by atoms with Crippen LogP contribution in [-0.2, 0) is 22.6 Å². The molecule has 1 aromatic heterocycles. The van der Waals surface area contributed by atoms with Crippen molar-refractivity contribution in [2.24, 2.45) is 0 Å². The molecule has 2 aromatic carbocycles. The predicted octanol–water partition coefficient (Wildman–Crippen LogP) is 5.17. The van der Waals surface area contributed by atoms with Crippen LogP contribution < -0.4 is 10.6 Å². The number of thioether (sulfide) groups is 1. The van der Waals surface area contributed by atoms with Crippen LogP contribution >= 0.6 is 46.6 Å². The van der Waals surface area contributed by atoms with Gasteiger partial charge in [-0.25, -0.2) is 0 Å². The van der Waals surface area contributed by atoms with Gasteiger partial charge in [0.25, 0.3) is 0 Å². The molecule has 0 aliphatic heterocycles. The molecule has 0 atom stereocenters. The molecule has 162 valence electrons. The number of nitrogens with zero attached hydrogens (tertiary/aromatic N) is 3. The van der Waals surface area contributed by atoms with Crippen LogP contribution in [0.5, 0.6) is 0 Å². The summed E-state index contributed by atoms with van der Waals surface area (Å²) in [4.78, 5) is 24.7. The molecule has 0 spiro atoms. The average Bonchev–Trinajstić information content (AvgIpc) is 3.11. The lowest BCUT2D eigenvalue weighted by Crippen LogP contribution is -2.18. The van der Waals surface area contributed by atoms with E-state index in [1.165, 1.54) is 23.9 Å². The van der Waals surface area contributed by atoms with Gasteiger partial charge in [0, 0.05) is 17.3 Å². The Hall–Kier alpha value is -2.26. The largest absolute Gasteiger partial charge is 0.326 e. The molecule has 3 rings (SSSR count). The molecule has 0 aliphatic carbocycles. The molecule has 7 nitrogen and oxygen atoms in total. The number of benzene rings is 2. The molecule has 0 bridgehead atoms. The van der Waals surface area contributed by atoms with Crippen LogP contribution in [-0.4, -0.2) is 32.3 Å². The third-order valence-corrected chi connectivity index (χ3v) is 5.87. The lowest BCUT2D eigenvalue weighted by Gasteiger charge is -2.10. The van der Waals surface area contributed by atoms with E-state index in [1.807, 2.05) is 37.3 Å². The van der Waals surface area contributed by atoms with E-state index in [-0.39, 0.29) is 34.0 Å². The number of para-hydroxylation sites is 1. The maximum atomic E-state index is 12.4. The molecular formula is C20H18Cl3N5O2S. The second kappa shape index (κ2) is 10.9. The first-order valence-corrected chi connectivity index (χ1v) is 11.3. The second-order valence-electron chi connectivity index (χ2n) is 6.32. The topological polar surface area (TPSA) is 88.9 Å². The van der Waals surface area contributed by atoms with Crippen molar-refractivity contribution >= 4 is 69.8 Å². The summed E-state index contributed by atoms with van der Waals surface area (Å²) in [6, 6.07) is 12.2. The molecule has 0 saturated carbocycles. The van der Waals surface area contributed by atoms with Crippen molar-refractivity contribution in [2.45, 2.75) is 25.0 Å². The number of carbonyl (C=O) groups is 2. The second-order valence-corrected chi connectivity index (χ2v) is 8.51. The van der Waals surface area contributed by atoms with Crippen molar-refractivity contribution in [3.8, 4) is 0 Å². The predicted molar refractivity (Wildman–Crippen MR) is 125 cm³/mol. The number of anilines is 2. The molecule has 11 heteroatoms. The van der Waals surface area contributed by atoms with E-state index in [4.69, 9.17) is 34.8 Å². The van der Waals surface area contributed by atoms with Crippen molar-refractivity contribution in [2.75, 3.05) is 16.4 Å². The minimum absolute atomic E-state index is 0.0592. The van der Waals surface area contributed by atoms with Crippen LogP contribution in [0.2, 0.25) is 15.1 Å². The number of halogens is 3. The Kier molecular flexibility index (Phi) is 8.20. The lowest BCUT2D eigenvalue weighted by molar-refractivity contribution is -0.116. The van der Waals surface area contributed by atoms with E-state index in [2.05, 4.69) is 20.8 Å². The van der Waals surface area contributed by atoms with E-state index in [1.54, 1.807) is 4.57 Å². The maximum Gasteiger partial charge on any atom is 0.234 e. The van der Waals surface area contributed by atoms with Crippen molar-refractivity contribution < 1.29 is 9.59 Å². The van der Waals surface area contributed by atoms with Gasteiger partial charge >= 0.3 is 0 Å². The number of amides is 2. The summed E-state index contributed by atoms with van der Waals surface area (Å²) >= 11 is 19.3. The molecule has 3 aromatic rings. The zero-order valence-electron chi connectivity index (χ0n) is 16.4. The first-order chi connectivity index (χ1) is 14.9. The summed E-state index contributed by atoms with van der Waals surface area (Å²) in [6.45, 7) is 2.47. The number of nitrogens with one attached hydrogen (secondary N) is 2. The molecule has 0 saturated heterocycles. The third-order valence-electron chi connectivity index (χ3n) is 4.09. The van der Waals surface area contributed by atoms with Crippen LogP contribution in [0.15, 0.2) is 47.6 Å². The van der Waals surface area contributed by atoms with Gasteiger partial charge in [-0.15, -0.1) is 10.2 Å². The van der Waals surface area contributed by atoms with E-state index < -0.39 is 0 Å². The van der Waals surface area contributed by atoms with E-state index in [9.17, 15) is 9.59 Å². The first kappa shape index (κ1) is 23.4. The molecule has 2 amide bonds. The molecule has 0 aliphatic rings. The van der Waals surface area contributed by atoms with Gasteiger partial charge in [-0.3, -0.25) is 9.59 Å². The molecule has 31 heavy (non-hydrogen) atoms. The molecule has 0 radical (unpaired) electrons. The molecule has 0 unspecified atom stereocenters. The van der Waals surface area contributed by atoms with Gasteiger partial charge in [-0.05, 0) is 31.2 Å². The highest BCUT2D eigenvalue weighted by Gasteiger charge is 2.17. The van der Waals surface area contributed by atoms with Gasteiger partial charge < -0.3 is 15.2 Å². The summed E-state index contributed by atoms with van der Waals surface area (Å²) in [5.41, 5.74) is 1.01. The summed E-state index contributed by atoms with van der Waals surface area (Å²) < 4.78 is 1.80.